The first-order valence-electron chi connectivity index (χ1n) is 10.9. The van der Waals surface area contributed by atoms with E-state index in [-0.39, 0.29) is 4.91 Å². The molecule has 0 N–H and O–H groups in total. The minimum Gasteiger partial charge on any atom is -0.457 e. The van der Waals surface area contributed by atoms with Crippen molar-refractivity contribution in [2.24, 2.45) is 0 Å². The van der Waals surface area contributed by atoms with Gasteiger partial charge in [-0.05, 0) is 65.7 Å². The number of amides is 1. The third kappa shape index (κ3) is 4.58. The van der Waals surface area contributed by atoms with Crippen LogP contribution in [0.1, 0.15) is 16.5 Å². The summed E-state index contributed by atoms with van der Waals surface area (Å²) in [6, 6.07) is 31.5. The van der Waals surface area contributed by atoms with Crippen LogP contribution in [0.25, 0.3) is 6.08 Å². The Kier molecular flexibility index (Phi) is 6.16. The van der Waals surface area contributed by atoms with E-state index in [0.717, 1.165) is 0 Å². The zero-order valence-corrected chi connectivity index (χ0v) is 20.0. The number of nitrogens with zero attached hydrogens (tertiary/aromatic N) is 1. The Hall–Kier alpha value is -3.87. The predicted octanol–water partition coefficient (Wildman–Crippen LogP) is 6.63. The number of rotatable bonds is 5. The summed E-state index contributed by atoms with van der Waals surface area (Å²) in [4.78, 5) is 14.6. The summed E-state index contributed by atoms with van der Waals surface area (Å²) < 4.78 is 33.4. The van der Waals surface area contributed by atoms with E-state index >= 15 is 0 Å². The van der Waals surface area contributed by atoms with E-state index in [1.165, 1.54) is 11.0 Å². The van der Waals surface area contributed by atoms with Crippen molar-refractivity contribution in [2.45, 2.75) is 5.37 Å². The average Bonchev–Trinajstić information content (AvgIpc) is 3.06. The highest BCUT2D eigenvalue weighted by molar-refractivity contribution is 7.97. The number of hydrogen-bond donors (Lipinski definition) is 0. The van der Waals surface area contributed by atoms with Crippen molar-refractivity contribution in [3.8, 4) is 11.5 Å². The van der Waals surface area contributed by atoms with Crippen LogP contribution < -0.4 is 9.64 Å². The molecule has 1 saturated heterocycles. The van der Waals surface area contributed by atoms with Gasteiger partial charge in [0.05, 0.1) is 0 Å². The van der Waals surface area contributed by atoms with Crippen molar-refractivity contribution in [3.63, 3.8) is 0 Å². The molecule has 35 heavy (non-hydrogen) atoms. The van der Waals surface area contributed by atoms with Crippen LogP contribution in [0.15, 0.2) is 114 Å². The molecular weight excluding hydrogens is 482 g/mol. The Morgan fingerprint density at radius 1 is 0.771 bits per heavy atom. The Balaban J connectivity index is 1.58. The normalized spacial score (nSPS) is 18.1. The van der Waals surface area contributed by atoms with Crippen molar-refractivity contribution in [1.29, 1.82) is 0 Å². The molecule has 0 spiro atoms. The maximum Gasteiger partial charge on any atom is 0.271 e. The lowest BCUT2D eigenvalue weighted by molar-refractivity contribution is -0.114. The summed E-state index contributed by atoms with van der Waals surface area (Å²) >= 11 is 6.03. The number of anilines is 1. The van der Waals surface area contributed by atoms with Crippen LogP contribution in [-0.2, 0) is 14.6 Å². The zero-order chi connectivity index (χ0) is 24.4. The van der Waals surface area contributed by atoms with Crippen molar-refractivity contribution in [3.05, 3.63) is 130 Å². The van der Waals surface area contributed by atoms with Gasteiger partial charge in [0.1, 0.15) is 16.4 Å². The van der Waals surface area contributed by atoms with Crippen LogP contribution in [0.4, 0.5) is 5.69 Å². The first-order chi connectivity index (χ1) is 16.9. The summed E-state index contributed by atoms with van der Waals surface area (Å²) in [5.41, 5.74) is 1.48. The topological polar surface area (TPSA) is 63.7 Å². The molecule has 0 aliphatic carbocycles. The highest BCUT2D eigenvalue weighted by Gasteiger charge is 2.50. The maximum absolute atomic E-state index is 13.7. The number of halogens is 1. The molecule has 0 saturated carbocycles. The second-order valence-electron chi connectivity index (χ2n) is 7.96. The van der Waals surface area contributed by atoms with E-state index in [1.807, 2.05) is 30.3 Å². The summed E-state index contributed by atoms with van der Waals surface area (Å²) in [5, 5.41) is -0.696. The Morgan fingerprint density at radius 2 is 1.40 bits per heavy atom. The molecule has 1 atom stereocenters. The molecular formula is C28H20ClNO4S. The molecule has 0 bridgehead atoms. The molecule has 1 aliphatic rings. The molecule has 5 rings (SSSR count). The number of para-hydroxylation sites is 1. The minimum absolute atomic E-state index is 0.279. The summed E-state index contributed by atoms with van der Waals surface area (Å²) in [6.07, 6.45) is 1.40. The van der Waals surface area contributed by atoms with E-state index < -0.39 is 21.1 Å². The molecule has 174 valence electrons. The van der Waals surface area contributed by atoms with Crippen molar-refractivity contribution >= 4 is 39.1 Å². The van der Waals surface area contributed by atoms with Crippen LogP contribution in [0.3, 0.4) is 0 Å². The number of ether oxygens (including phenoxy) is 1. The van der Waals surface area contributed by atoms with Crippen LogP contribution in [-0.4, -0.2) is 14.3 Å². The summed E-state index contributed by atoms with van der Waals surface area (Å²) in [7, 11) is -4.04. The number of hydrogen-bond acceptors (Lipinski definition) is 4. The maximum atomic E-state index is 13.7. The van der Waals surface area contributed by atoms with Gasteiger partial charge in [0.25, 0.3) is 5.91 Å². The number of carbonyl (C=O) groups excluding carboxylic acids is 1. The standard InChI is InChI=1S/C28H20ClNO4S/c29-22-14-16-23(17-15-22)30-27(31)26(35(32,33)28(30)21-9-3-1-4-10-21)19-20-8-7-13-25(18-20)34-24-11-5-2-6-12-24/h1-19,28H/b26-19+. The SMILES string of the molecule is O=C1/C(=C\c2cccc(Oc3ccccc3)c2)S(=O)(=O)C(c2ccccc2)N1c1ccc(Cl)cc1. The van der Waals surface area contributed by atoms with Crippen molar-refractivity contribution in [2.75, 3.05) is 4.90 Å². The monoisotopic (exact) mass is 501 g/mol. The Labute approximate surface area is 208 Å². The Bertz CT molecular complexity index is 1500. The van der Waals surface area contributed by atoms with Crippen LogP contribution in [0.2, 0.25) is 5.02 Å². The molecule has 1 unspecified atom stereocenters. The second-order valence-corrected chi connectivity index (χ2v) is 10.4. The van der Waals surface area contributed by atoms with Gasteiger partial charge in [0.15, 0.2) is 5.37 Å². The smallest absolute Gasteiger partial charge is 0.271 e. The molecule has 1 fully saturated rings. The molecule has 5 nitrogen and oxygen atoms in total. The molecule has 7 heteroatoms. The molecule has 1 heterocycles. The van der Waals surface area contributed by atoms with Crippen LogP contribution in [0, 0.1) is 0 Å². The molecule has 4 aromatic rings. The molecule has 1 amide bonds. The quantitative estimate of drug-likeness (QED) is 0.288. The largest absolute Gasteiger partial charge is 0.457 e. The van der Waals surface area contributed by atoms with Gasteiger partial charge in [-0.2, -0.15) is 0 Å². The summed E-state index contributed by atoms with van der Waals surface area (Å²) in [6.45, 7) is 0. The third-order valence-corrected chi connectivity index (χ3v) is 7.82. The molecule has 1 aliphatic heterocycles. The lowest BCUT2D eigenvalue weighted by Gasteiger charge is -2.23. The fraction of sp³-hybridized carbons (Fsp3) is 0.0357. The summed E-state index contributed by atoms with van der Waals surface area (Å²) in [5.74, 6) is 0.582. The van der Waals surface area contributed by atoms with Gasteiger partial charge < -0.3 is 4.74 Å². The van der Waals surface area contributed by atoms with Gasteiger partial charge in [0.2, 0.25) is 9.84 Å². The fourth-order valence-electron chi connectivity index (χ4n) is 3.99. The van der Waals surface area contributed by atoms with Crippen LogP contribution >= 0.6 is 11.6 Å². The average molecular weight is 502 g/mol. The van der Waals surface area contributed by atoms with E-state index in [4.69, 9.17) is 16.3 Å². The van der Waals surface area contributed by atoms with E-state index in [2.05, 4.69) is 0 Å². The first-order valence-corrected chi connectivity index (χ1v) is 12.8. The molecule has 0 aromatic heterocycles. The number of benzene rings is 4. The first kappa shape index (κ1) is 22.9. The van der Waals surface area contributed by atoms with Gasteiger partial charge in [-0.1, -0.05) is 72.3 Å². The lowest BCUT2D eigenvalue weighted by atomic mass is 10.1. The van der Waals surface area contributed by atoms with Gasteiger partial charge in [-0.15, -0.1) is 0 Å². The predicted molar refractivity (Wildman–Crippen MR) is 138 cm³/mol. The van der Waals surface area contributed by atoms with Gasteiger partial charge in [0, 0.05) is 10.7 Å². The van der Waals surface area contributed by atoms with Gasteiger partial charge in [-0.3, -0.25) is 9.69 Å². The second kappa shape index (κ2) is 9.41. The molecule has 0 radical (unpaired) electrons. The fourth-order valence-corrected chi connectivity index (χ4v) is 6.01. The lowest BCUT2D eigenvalue weighted by Crippen LogP contribution is -2.28. The van der Waals surface area contributed by atoms with Crippen LogP contribution in [0.5, 0.6) is 11.5 Å². The van der Waals surface area contributed by atoms with Crippen molar-refractivity contribution in [1.82, 2.24) is 0 Å². The highest BCUT2D eigenvalue weighted by atomic mass is 35.5. The Morgan fingerprint density at radius 3 is 2.09 bits per heavy atom. The zero-order valence-electron chi connectivity index (χ0n) is 18.4. The molecule has 4 aromatic carbocycles. The minimum atomic E-state index is -4.04. The van der Waals surface area contributed by atoms with E-state index in [1.54, 1.807) is 78.9 Å². The number of carbonyl (C=O) groups is 1. The van der Waals surface area contributed by atoms with Gasteiger partial charge in [-0.25, -0.2) is 8.42 Å². The van der Waals surface area contributed by atoms with Crippen molar-refractivity contribution < 1.29 is 17.9 Å². The van der Waals surface area contributed by atoms with Gasteiger partial charge >= 0.3 is 0 Å². The van der Waals surface area contributed by atoms with E-state index in [9.17, 15) is 13.2 Å². The third-order valence-electron chi connectivity index (χ3n) is 5.59. The van der Waals surface area contributed by atoms with E-state index in [0.29, 0.717) is 33.3 Å². The highest BCUT2D eigenvalue weighted by Crippen LogP contribution is 2.43. The number of sulfone groups is 1.